The molecule has 1 amide bonds. The van der Waals surface area contributed by atoms with Crippen molar-refractivity contribution in [1.82, 2.24) is 9.88 Å². The van der Waals surface area contributed by atoms with Gasteiger partial charge in [-0.1, -0.05) is 30.3 Å². The van der Waals surface area contributed by atoms with Crippen LogP contribution in [0.5, 0.6) is 0 Å². The van der Waals surface area contributed by atoms with Gasteiger partial charge in [0.05, 0.1) is 18.7 Å². The van der Waals surface area contributed by atoms with Crippen molar-refractivity contribution in [1.29, 1.82) is 5.26 Å². The normalized spacial score (nSPS) is 11.7. The highest BCUT2D eigenvalue weighted by Gasteiger charge is 2.15. The van der Waals surface area contributed by atoms with Crippen molar-refractivity contribution in [2.24, 2.45) is 0 Å². The Balaban J connectivity index is 1.82. The highest BCUT2D eigenvalue weighted by Crippen LogP contribution is 2.20. The summed E-state index contributed by atoms with van der Waals surface area (Å²) in [6, 6.07) is 11.8. The molecule has 0 saturated heterocycles. The van der Waals surface area contributed by atoms with E-state index in [1.807, 2.05) is 37.3 Å². The average Bonchev–Trinajstić information content (AvgIpc) is 3.04. The van der Waals surface area contributed by atoms with E-state index in [1.54, 1.807) is 18.1 Å². The van der Waals surface area contributed by atoms with Crippen LogP contribution in [-0.4, -0.2) is 28.9 Å². The largest absolute Gasteiger partial charge is 0.441 e. The summed E-state index contributed by atoms with van der Waals surface area (Å²) in [5, 5.41) is 8.68. The summed E-state index contributed by atoms with van der Waals surface area (Å²) in [6.45, 7) is 1.88. The standard InChI is InChI=1S/C18H21N3O2/c1-14(11-12-19)21(2)18(22)10-6-9-17-20-13-16(23-17)15-7-4-3-5-8-15/h3-5,7-8,13-14H,6,9-11H2,1-2H3. The molecule has 1 heterocycles. The second kappa shape index (κ2) is 8.14. The highest BCUT2D eigenvalue weighted by atomic mass is 16.4. The van der Waals surface area contributed by atoms with Gasteiger partial charge in [-0.05, 0) is 13.3 Å². The molecule has 0 aliphatic carbocycles. The lowest BCUT2D eigenvalue weighted by Crippen LogP contribution is -2.34. The summed E-state index contributed by atoms with van der Waals surface area (Å²) in [4.78, 5) is 17.9. The fraction of sp³-hybridized carbons (Fsp3) is 0.389. The van der Waals surface area contributed by atoms with Crippen LogP contribution in [0.2, 0.25) is 0 Å². The van der Waals surface area contributed by atoms with E-state index in [4.69, 9.17) is 9.68 Å². The molecule has 120 valence electrons. The van der Waals surface area contributed by atoms with Crippen LogP contribution in [-0.2, 0) is 11.2 Å². The molecule has 1 unspecified atom stereocenters. The molecule has 23 heavy (non-hydrogen) atoms. The van der Waals surface area contributed by atoms with E-state index in [9.17, 15) is 4.79 Å². The molecule has 1 atom stereocenters. The van der Waals surface area contributed by atoms with E-state index in [0.29, 0.717) is 31.6 Å². The Morgan fingerprint density at radius 1 is 1.39 bits per heavy atom. The summed E-state index contributed by atoms with van der Waals surface area (Å²) >= 11 is 0. The van der Waals surface area contributed by atoms with Crippen LogP contribution in [0.1, 0.15) is 32.1 Å². The first kappa shape index (κ1) is 16.8. The Morgan fingerprint density at radius 2 is 2.13 bits per heavy atom. The molecule has 0 aliphatic rings. The van der Waals surface area contributed by atoms with Gasteiger partial charge in [-0.15, -0.1) is 0 Å². The van der Waals surface area contributed by atoms with E-state index in [-0.39, 0.29) is 11.9 Å². The molecule has 5 nitrogen and oxygen atoms in total. The molecule has 0 radical (unpaired) electrons. The first-order valence-electron chi connectivity index (χ1n) is 7.74. The maximum absolute atomic E-state index is 12.0. The van der Waals surface area contributed by atoms with Crippen molar-refractivity contribution >= 4 is 5.91 Å². The molecule has 0 N–H and O–H groups in total. The van der Waals surface area contributed by atoms with Gasteiger partial charge in [-0.2, -0.15) is 5.26 Å². The van der Waals surface area contributed by atoms with Gasteiger partial charge >= 0.3 is 0 Å². The molecule has 0 saturated carbocycles. The van der Waals surface area contributed by atoms with Crippen LogP contribution in [0.25, 0.3) is 11.3 Å². The predicted molar refractivity (Wildman–Crippen MR) is 87.3 cm³/mol. The second-order valence-corrected chi connectivity index (χ2v) is 5.55. The SMILES string of the molecule is CC(CC#N)N(C)C(=O)CCCc1ncc(-c2ccccc2)o1. The van der Waals surface area contributed by atoms with E-state index < -0.39 is 0 Å². The van der Waals surface area contributed by atoms with Crippen LogP contribution >= 0.6 is 0 Å². The second-order valence-electron chi connectivity index (χ2n) is 5.55. The Morgan fingerprint density at radius 3 is 2.83 bits per heavy atom. The van der Waals surface area contributed by atoms with E-state index in [0.717, 1.165) is 11.3 Å². The number of amides is 1. The third kappa shape index (κ3) is 4.68. The number of hydrogen-bond acceptors (Lipinski definition) is 4. The molecule has 2 rings (SSSR count). The summed E-state index contributed by atoms with van der Waals surface area (Å²) in [6.07, 6.45) is 3.79. The smallest absolute Gasteiger partial charge is 0.222 e. The van der Waals surface area contributed by atoms with Crippen molar-refractivity contribution in [2.45, 2.75) is 38.6 Å². The number of aromatic nitrogens is 1. The minimum absolute atomic E-state index is 0.0441. The van der Waals surface area contributed by atoms with Crippen LogP contribution in [0, 0.1) is 11.3 Å². The number of carbonyl (C=O) groups is 1. The summed E-state index contributed by atoms with van der Waals surface area (Å²) in [7, 11) is 1.74. The monoisotopic (exact) mass is 311 g/mol. The number of rotatable bonds is 7. The van der Waals surface area contributed by atoms with Gasteiger partial charge in [0.25, 0.3) is 0 Å². The first-order valence-corrected chi connectivity index (χ1v) is 7.74. The molecule has 2 aromatic rings. The fourth-order valence-corrected chi connectivity index (χ4v) is 2.24. The summed E-state index contributed by atoms with van der Waals surface area (Å²) < 4.78 is 5.72. The molecule has 5 heteroatoms. The fourth-order valence-electron chi connectivity index (χ4n) is 2.24. The van der Waals surface area contributed by atoms with Crippen molar-refractivity contribution in [3.05, 3.63) is 42.4 Å². The van der Waals surface area contributed by atoms with Crippen molar-refractivity contribution in [3.8, 4) is 17.4 Å². The van der Waals surface area contributed by atoms with E-state index >= 15 is 0 Å². The predicted octanol–water partition coefficient (Wildman–Crippen LogP) is 3.42. The first-order chi connectivity index (χ1) is 11.1. The van der Waals surface area contributed by atoms with Gasteiger partial charge in [0.1, 0.15) is 0 Å². The molecule has 0 spiro atoms. The average molecular weight is 311 g/mol. The number of hydrogen-bond donors (Lipinski definition) is 0. The minimum atomic E-state index is -0.0566. The van der Waals surface area contributed by atoms with Crippen molar-refractivity contribution in [3.63, 3.8) is 0 Å². The number of benzene rings is 1. The molecular formula is C18H21N3O2. The maximum Gasteiger partial charge on any atom is 0.222 e. The molecule has 0 aliphatic heterocycles. The van der Waals surface area contributed by atoms with Crippen LogP contribution < -0.4 is 0 Å². The van der Waals surface area contributed by atoms with Gasteiger partial charge in [0, 0.05) is 31.5 Å². The Bertz CT molecular complexity index is 673. The lowest BCUT2D eigenvalue weighted by Gasteiger charge is -2.22. The summed E-state index contributed by atoms with van der Waals surface area (Å²) in [5.41, 5.74) is 0.993. The highest BCUT2D eigenvalue weighted by molar-refractivity contribution is 5.76. The lowest BCUT2D eigenvalue weighted by molar-refractivity contribution is -0.131. The Hall–Kier alpha value is -2.61. The van der Waals surface area contributed by atoms with Crippen LogP contribution in [0.4, 0.5) is 0 Å². The Labute approximate surface area is 136 Å². The van der Waals surface area contributed by atoms with Gasteiger partial charge in [0.15, 0.2) is 11.7 Å². The van der Waals surface area contributed by atoms with Gasteiger partial charge in [0.2, 0.25) is 5.91 Å². The van der Waals surface area contributed by atoms with E-state index in [2.05, 4.69) is 11.1 Å². The van der Waals surface area contributed by atoms with Gasteiger partial charge in [-0.25, -0.2) is 4.98 Å². The summed E-state index contributed by atoms with van der Waals surface area (Å²) in [5.74, 6) is 1.43. The number of aryl methyl sites for hydroxylation is 1. The number of oxazole rings is 1. The molecule has 1 aromatic carbocycles. The lowest BCUT2D eigenvalue weighted by atomic mass is 10.2. The number of carbonyl (C=O) groups excluding carboxylic acids is 1. The van der Waals surface area contributed by atoms with Crippen molar-refractivity contribution < 1.29 is 9.21 Å². The van der Waals surface area contributed by atoms with Crippen LogP contribution in [0.15, 0.2) is 40.9 Å². The number of nitriles is 1. The van der Waals surface area contributed by atoms with Gasteiger partial charge < -0.3 is 9.32 Å². The minimum Gasteiger partial charge on any atom is -0.441 e. The zero-order valence-corrected chi connectivity index (χ0v) is 13.5. The zero-order valence-electron chi connectivity index (χ0n) is 13.5. The molecule has 0 bridgehead atoms. The molecular weight excluding hydrogens is 290 g/mol. The van der Waals surface area contributed by atoms with Crippen LogP contribution in [0.3, 0.4) is 0 Å². The third-order valence-corrected chi connectivity index (χ3v) is 3.83. The zero-order chi connectivity index (χ0) is 16.7. The quantitative estimate of drug-likeness (QED) is 0.785. The molecule has 0 fully saturated rings. The van der Waals surface area contributed by atoms with Gasteiger partial charge in [-0.3, -0.25) is 4.79 Å². The third-order valence-electron chi connectivity index (χ3n) is 3.83. The Kier molecular flexibility index (Phi) is 5.93. The topological polar surface area (TPSA) is 70.1 Å². The molecule has 1 aromatic heterocycles. The maximum atomic E-state index is 12.0. The number of nitrogens with zero attached hydrogens (tertiary/aromatic N) is 3. The van der Waals surface area contributed by atoms with E-state index in [1.165, 1.54) is 0 Å². The van der Waals surface area contributed by atoms with Crippen molar-refractivity contribution in [2.75, 3.05) is 7.05 Å².